The fourth-order valence-electron chi connectivity index (χ4n) is 1.04. The Balaban J connectivity index is 0. The van der Waals surface area contributed by atoms with Crippen molar-refractivity contribution < 1.29 is 19.1 Å². The molecule has 0 radical (unpaired) electrons. The second kappa shape index (κ2) is 7.55. The van der Waals surface area contributed by atoms with Crippen LogP contribution in [0.1, 0.15) is 41.5 Å². The molecule has 0 aliphatic rings. The van der Waals surface area contributed by atoms with Crippen molar-refractivity contribution in [2.75, 3.05) is 6.54 Å². The summed E-state index contributed by atoms with van der Waals surface area (Å²) >= 11 is 0. The molecule has 0 saturated heterocycles. The Bertz CT molecular complexity index is 308. The summed E-state index contributed by atoms with van der Waals surface area (Å²) in [5.74, 6) is -0.573. The Labute approximate surface area is 120 Å². The molecule has 0 aliphatic heterocycles. The summed E-state index contributed by atoms with van der Waals surface area (Å²) in [5.41, 5.74) is 4.18. The number of alkyl carbamates (subject to hydrolysis) is 1. The summed E-state index contributed by atoms with van der Waals surface area (Å²) in [6, 6.07) is -0.904. The molecular weight excluding hydrogens is 272 g/mol. The van der Waals surface area contributed by atoms with Crippen LogP contribution in [0.3, 0.4) is 0 Å². The lowest BCUT2D eigenvalue weighted by Gasteiger charge is -2.25. The highest BCUT2D eigenvalue weighted by molar-refractivity contribution is 5.85. The van der Waals surface area contributed by atoms with Crippen LogP contribution >= 0.6 is 12.4 Å². The summed E-state index contributed by atoms with van der Waals surface area (Å²) in [7, 11) is 0. The maximum Gasteiger partial charge on any atom is 0.408 e. The first-order chi connectivity index (χ1) is 7.94. The van der Waals surface area contributed by atoms with Gasteiger partial charge in [0.1, 0.15) is 17.2 Å². The van der Waals surface area contributed by atoms with Crippen molar-refractivity contribution >= 4 is 24.5 Å². The quantitative estimate of drug-likeness (QED) is 0.772. The van der Waals surface area contributed by atoms with Gasteiger partial charge in [0.05, 0.1) is 0 Å². The van der Waals surface area contributed by atoms with Crippen molar-refractivity contribution in [3.05, 3.63) is 0 Å². The maximum atomic E-state index is 11.7. The van der Waals surface area contributed by atoms with Gasteiger partial charge in [-0.15, -0.1) is 12.4 Å². The number of carbonyl (C=O) groups is 2. The van der Waals surface area contributed by atoms with Crippen molar-refractivity contribution in [3.63, 3.8) is 0 Å². The average molecular weight is 297 g/mol. The van der Waals surface area contributed by atoms with Gasteiger partial charge < -0.3 is 20.5 Å². The normalized spacial score (nSPS) is 13.0. The number of hydrogen-bond donors (Lipinski definition) is 2. The van der Waals surface area contributed by atoms with E-state index in [1.807, 2.05) is 0 Å². The van der Waals surface area contributed by atoms with E-state index in [0.717, 1.165) is 0 Å². The van der Waals surface area contributed by atoms with Gasteiger partial charge in [-0.05, 0) is 41.5 Å². The van der Waals surface area contributed by atoms with Gasteiger partial charge in [0, 0.05) is 6.54 Å². The van der Waals surface area contributed by atoms with Crippen molar-refractivity contribution in [2.45, 2.75) is 58.8 Å². The first kappa shape index (κ1) is 20.3. The molecule has 0 unspecified atom stereocenters. The minimum Gasteiger partial charge on any atom is -0.458 e. The van der Waals surface area contributed by atoms with Crippen LogP contribution in [0.25, 0.3) is 0 Å². The third-order valence-electron chi connectivity index (χ3n) is 1.62. The van der Waals surface area contributed by atoms with Crippen LogP contribution in [0.4, 0.5) is 4.79 Å². The van der Waals surface area contributed by atoms with Crippen LogP contribution in [0.15, 0.2) is 0 Å². The third kappa shape index (κ3) is 10.6. The molecule has 0 saturated carbocycles. The number of nitrogens with two attached hydrogens (primary N) is 1. The second-order valence-electron chi connectivity index (χ2n) is 5.97. The molecule has 1 atom stereocenters. The lowest BCUT2D eigenvalue weighted by molar-refractivity contribution is -0.157. The van der Waals surface area contributed by atoms with Gasteiger partial charge in [-0.2, -0.15) is 0 Å². The number of hydrogen-bond acceptors (Lipinski definition) is 5. The van der Waals surface area contributed by atoms with Crippen molar-refractivity contribution in [1.82, 2.24) is 5.32 Å². The number of carbonyl (C=O) groups excluding carboxylic acids is 2. The maximum absolute atomic E-state index is 11.7. The lowest BCUT2D eigenvalue weighted by Crippen LogP contribution is -2.49. The van der Waals surface area contributed by atoms with E-state index in [1.54, 1.807) is 41.5 Å². The highest BCUT2D eigenvalue weighted by atomic mass is 35.5. The zero-order valence-corrected chi connectivity index (χ0v) is 13.2. The van der Waals surface area contributed by atoms with E-state index in [4.69, 9.17) is 15.2 Å². The largest absolute Gasteiger partial charge is 0.458 e. The van der Waals surface area contributed by atoms with Gasteiger partial charge in [0.2, 0.25) is 0 Å². The standard InChI is InChI=1S/C12H24N2O4.ClH/c1-11(2,3)17-9(15)8(7-13)14-10(16)18-12(4,5)6;/h8H,7,13H2,1-6H3,(H,14,16);1H/t8-;/m0./s1. The SMILES string of the molecule is CC(C)(C)OC(=O)N[C@@H](CN)C(=O)OC(C)(C)C.Cl. The number of ether oxygens (including phenoxy) is 2. The van der Waals surface area contributed by atoms with Crippen LogP contribution in [0.2, 0.25) is 0 Å². The van der Waals surface area contributed by atoms with Gasteiger partial charge in [0.15, 0.2) is 0 Å². The molecule has 0 aromatic carbocycles. The molecule has 1 amide bonds. The number of amides is 1. The molecule has 0 aliphatic carbocycles. The van der Waals surface area contributed by atoms with E-state index < -0.39 is 29.3 Å². The zero-order chi connectivity index (χ0) is 14.6. The van der Waals surface area contributed by atoms with E-state index in [1.165, 1.54) is 0 Å². The van der Waals surface area contributed by atoms with E-state index in [2.05, 4.69) is 5.32 Å². The molecule has 6 nitrogen and oxygen atoms in total. The molecule has 7 heteroatoms. The van der Waals surface area contributed by atoms with Gasteiger partial charge >= 0.3 is 12.1 Å². The van der Waals surface area contributed by atoms with Gasteiger partial charge in [-0.25, -0.2) is 9.59 Å². The van der Waals surface area contributed by atoms with Gasteiger partial charge in [-0.1, -0.05) is 0 Å². The molecule has 0 spiro atoms. The predicted octanol–water partition coefficient (Wildman–Crippen LogP) is 1.60. The molecule has 0 heterocycles. The number of nitrogens with one attached hydrogen (secondary N) is 1. The summed E-state index contributed by atoms with van der Waals surface area (Å²) in [4.78, 5) is 23.2. The van der Waals surface area contributed by atoms with Crippen molar-refractivity contribution in [1.29, 1.82) is 0 Å². The molecule has 0 bridgehead atoms. The minimum absolute atomic E-state index is 0. The first-order valence-corrected chi connectivity index (χ1v) is 5.87. The molecule has 114 valence electrons. The van der Waals surface area contributed by atoms with Gasteiger partial charge in [-0.3, -0.25) is 0 Å². The highest BCUT2D eigenvalue weighted by Crippen LogP contribution is 2.09. The molecule has 0 aromatic rings. The van der Waals surface area contributed by atoms with E-state index >= 15 is 0 Å². The van der Waals surface area contributed by atoms with Crippen molar-refractivity contribution in [2.24, 2.45) is 5.73 Å². The van der Waals surface area contributed by atoms with Crippen LogP contribution in [0, 0.1) is 0 Å². The molecular formula is C12H25ClN2O4. The van der Waals surface area contributed by atoms with Crippen LogP contribution < -0.4 is 11.1 Å². The monoisotopic (exact) mass is 296 g/mol. The molecule has 19 heavy (non-hydrogen) atoms. The fourth-order valence-corrected chi connectivity index (χ4v) is 1.04. The topological polar surface area (TPSA) is 90.6 Å². The Morgan fingerprint density at radius 1 is 1.05 bits per heavy atom. The summed E-state index contributed by atoms with van der Waals surface area (Å²) < 4.78 is 10.2. The molecule has 3 N–H and O–H groups in total. The Morgan fingerprint density at radius 3 is 1.79 bits per heavy atom. The summed E-state index contributed by atoms with van der Waals surface area (Å²) in [5, 5.41) is 2.38. The van der Waals surface area contributed by atoms with Crippen LogP contribution in [-0.4, -0.2) is 35.9 Å². The first-order valence-electron chi connectivity index (χ1n) is 5.87. The predicted molar refractivity (Wildman–Crippen MR) is 75.3 cm³/mol. The molecule has 0 fully saturated rings. The summed E-state index contributed by atoms with van der Waals surface area (Å²) in [6.07, 6.45) is -0.691. The van der Waals surface area contributed by atoms with E-state index in [9.17, 15) is 9.59 Å². The lowest BCUT2D eigenvalue weighted by atomic mass is 10.2. The number of esters is 1. The zero-order valence-electron chi connectivity index (χ0n) is 12.4. The van der Waals surface area contributed by atoms with Crippen LogP contribution in [0.5, 0.6) is 0 Å². The Hall–Kier alpha value is -1.01. The Kier molecular flexibility index (Phi) is 8.07. The number of halogens is 1. The smallest absolute Gasteiger partial charge is 0.408 e. The molecule has 0 rings (SSSR count). The van der Waals surface area contributed by atoms with Crippen molar-refractivity contribution in [3.8, 4) is 0 Å². The second-order valence-corrected chi connectivity index (χ2v) is 5.97. The Morgan fingerprint density at radius 2 is 1.47 bits per heavy atom. The fraction of sp³-hybridized carbons (Fsp3) is 0.833. The average Bonchev–Trinajstić information content (AvgIpc) is 2.07. The van der Waals surface area contributed by atoms with E-state index in [-0.39, 0.29) is 19.0 Å². The van der Waals surface area contributed by atoms with Gasteiger partial charge in [0.25, 0.3) is 0 Å². The minimum atomic E-state index is -0.904. The van der Waals surface area contributed by atoms with E-state index in [0.29, 0.717) is 0 Å². The number of rotatable bonds is 3. The highest BCUT2D eigenvalue weighted by Gasteiger charge is 2.27. The summed E-state index contributed by atoms with van der Waals surface area (Å²) in [6.45, 7) is 10.4. The third-order valence-corrected chi connectivity index (χ3v) is 1.62. The van der Waals surface area contributed by atoms with Crippen LogP contribution in [-0.2, 0) is 14.3 Å². The molecule has 0 aromatic heterocycles.